The van der Waals surface area contributed by atoms with Crippen LogP contribution in [0.4, 0.5) is 0 Å². The van der Waals surface area contributed by atoms with Crippen LogP contribution in [0.25, 0.3) is 12.2 Å². The van der Waals surface area contributed by atoms with Gasteiger partial charge in [0.25, 0.3) is 0 Å². The van der Waals surface area contributed by atoms with Gasteiger partial charge in [0.05, 0.1) is 5.69 Å². The van der Waals surface area contributed by atoms with E-state index in [9.17, 15) is 4.79 Å². The second kappa shape index (κ2) is 4.74. The molecule has 0 radical (unpaired) electrons. The number of rotatable bonds is 3. The molecule has 1 heterocycles. The van der Waals surface area contributed by atoms with Crippen molar-refractivity contribution < 1.29 is 4.79 Å². The predicted octanol–water partition coefficient (Wildman–Crippen LogP) is 2.11. The van der Waals surface area contributed by atoms with E-state index >= 15 is 0 Å². The van der Waals surface area contributed by atoms with Crippen molar-refractivity contribution in [2.24, 2.45) is 7.05 Å². The Balaban J connectivity index is 2.28. The summed E-state index contributed by atoms with van der Waals surface area (Å²) in [6, 6.07) is 8.13. The van der Waals surface area contributed by atoms with Gasteiger partial charge in [-0.15, -0.1) is 5.10 Å². The Morgan fingerprint density at radius 2 is 1.88 bits per heavy atom. The van der Waals surface area contributed by atoms with Gasteiger partial charge in [-0.3, -0.25) is 4.79 Å². The van der Waals surface area contributed by atoms with Crippen LogP contribution >= 0.6 is 0 Å². The number of hydrogen-bond acceptors (Lipinski definition) is 3. The van der Waals surface area contributed by atoms with Gasteiger partial charge in [-0.25, -0.2) is 4.68 Å². The molecule has 0 fully saturated rings. The van der Waals surface area contributed by atoms with Crippen LogP contribution in [0.15, 0.2) is 24.3 Å². The molecule has 1 aromatic heterocycles. The monoisotopic (exact) mass is 227 g/mol. The largest absolute Gasteiger partial charge is 0.296 e. The molecule has 4 nitrogen and oxygen atoms in total. The van der Waals surface area contributed by atoms with Gasteiger partial charge in [0.15, 0.2) is 12.0 Å². The predicted molar refractivity (Wildman–Crippen MR) is 66.5 cm³/mol. The molecule has 0 N–H and O–H groups in total. The van der Waals surface area contributed by atoms with Gasteiger partial charge in [-0.2, -0.15) is 0 Å². The highest BCUT2D eigenvalue weighted by molar-refractivity contribution is 5.81. The van der Waals surface area contributed by atoms with E-state index in [-0.39, 0.29) is 0 Å². The molecule has 2 rings (SSSR count). The van der Waals surface area contributed by atoms with E-state index in [1.807, 2.05) is 43.3 Å². The fraction of sp³-hybridized carbons (Fsp3) is 0.154. The highest BCUT2D eigenvalue weighted by atomic mass is 16.1. The van der Waals surface area contributed by atoms with Crippen molar-refractivity contribution in [2.75, 3.05) is 0 Å². The molecule has 0 saturated heterocycles. The minimum atomic E-state index is 0.357. The zero-order valence-electron chi connectivity index (χ0n) is 9.79. The molecular formula is C13H13N3O. The van der Waals surface area contributed by atoms with Crippen LogP contribution in [0.5, 0.6) is 0 Å². The first kappa shape index (κ1) is 11.3. The van der Waals surface area contributed by atoms with Gasteiger partial charge >= 0.3 is 0 Å². The second-order valence-electron chi connectivity index (χ2n) is 3.85. The maximum absolute atomic E-state index is 10.7. The van der Waals surface area contributed by atoms with E-state index in [0.29, 0.717) is 17.7 Å². The molecule has 17 heavy (non-hydrogen) atoms. The van der Waals surface area contributed by atoms with E-state index in [0.717, 1.165) is 5.56 Å². The lowest BCUT2D eigenvalue weighted by Crippen LogP contribution is -1.94. The van der Waals surface area contributed by atoms with Gasteiger partial charge in [-0.1, -0.05) is 41.1 Å². The summed E-state index contributed by atoms with van der Waals surface area (Å²) >= 11 is 0. The zero-order valence-corrected chi connectivity index (χ0v) is 9.79. The lowest BCUT2D eigenvalue weighted by molar-refractivity contribution is 0.111. The van der Waals surface area contributed by atoms with E-state index in [1.54, 1.807) is 11.7 Å². The molecule has 0 saturated carbocycles. The molecule has 0 bridgehead atoms. The third kappa shape index (κ3) is 2.47. The average molecular weight is 227 g/mol. The Hall–Kier alpha value is -2.23. The van der Waals surface area contributed by atoms with Crippen molar-refractivity contribution >= 4 is 18.4 Å². The molecule has 0 aliphatic rings. The van der Waals surface area contributed by atoms with Crippen LogP contribution in [0.1, 0.15) is 27.3 Å². The maximum atomic E-state index is 10.7. The Bertz CT molecular complexity index is 553. The molecule has 0 spiro atoms. The summed E-state index contributed by atoms with van der Waals surface area (Å²) in [5.41, 5.74) is 3.36. The van der Waals surface area contributed by atoms with Crippen LogP contribution in [0.2, 0.25) is 0 Å². The van der Waals surface area contributed by atoms with Crippen molar-refractivity contribution in [2.45, 2.75) is 6.92 Å². The minimum absolute atomic E-state index is 0.357. The fourth-order valence-electron chi connectivity index (χ4n) is 1.51. The number of aromatic nitrogens is 3. The summed E-state index contributed by atoms with van der Waals surface area (Å²) in [6.45, 7) is 2.04. The lowest BCUT2D eigenvalue weighted by Gasteiger charge is -1.96. The first-order chi connectivity index (χ1) is 8.20. The van der Waals surface area contributed by atoms with Gasteiger partial charge in [0, 0.05) is 7.05 Å². The quantitative estimate of drug-likeness (QED) is 0.754. The Morgan fingerprint density at radius 3 is 2.53 bits per heavy atom. The van der Waals surface area contributed by atoms with E-state index in [1.165, 1.54) is 5.56 Å². The first-order valence-corrected chi connectivity index (χ1v) is 5.30. The molecule has 0 atom stereocenters. The summed E-state index contributed by atoms with van der Waals surface area (Å²) in [4.78, 5) is 10.7. The van der Waals surface area contributed by atoms with Crippen LogP contribution in [0, 0.1) is 6.92 Å². The number of carbonyl (C=O) groups is 1. The second-order valence-corrected chi connectivity index (χ2v) is 3.85. The third-order valence-electron chi connectivity index (χ3n) is 2.52. The highest BCUT2D eigenvalue weighted by Crippen LogP contribution is 2.10. The SMILES string of the molecule is Cc1ccc(/C=C/c2c(C=O)nnn2C)cc1. The van der Waals surface area contributed by atoms with Gasteiger partial charge in [0.1, 0.15) is 0 Å². The number of nitrogens with zero attached hydrogens (tertiary/aromatic N) is 3. The van der Waals surface area contributed by atoms with E-state index in [4.69, 9.17) is 0 Å². The first-order valence-electron chi connectivity index (χ1n) is 5.30. The standard InChI is InChI=1S/C13H13N3O/c1-10-3-5-11(6-4-10)7-8-13-12(9-17)14-15-16(13)2/h3-9H,1-2H3/b8-7+. The molecule has 86 valence electrons. The van der Waals surface area contributed by atoms with Crippen LogP contribution in [-0.2, 0) is 7.05 Å². The molecule has 2 aromatic rings. The normalized spacial score (nSPS) is 10.9. The minimum Gasteiger partial charge on any atom is -0.296 e. The number of aryl methyl sites for hydroxylation is 2. The summed E-state index contributed by atoms with van der Waals surface area (Å²) in [5.74, 6) is 0. The van der Waals surface area contributed by atoms with Gasteiger partial charge in [-0.05, 0) is 18.6 Å². The smallest absolute Gasteiger partial charge is 0.172 e. The van der Waals surface area contributed by atoms with Crippen molar-refractivity contribution in [3.8, 4) is 0 Å². The van der Waals surface area contributed by atoms with Crippen molar-refractivity contribution in [1.82, 2.24) is 15.0 Å². The maximum Gasteiger partial charge on any atom is 0.172 e. The Kier molecular flexibility index (Phi) is 3.14. The summed E-state index contributed by atoms with van der Waals surface area (Å²) in [5, 5.41) is 7.55. The van der Waals surface area contributed by atoms with Crippen molar-refractivity contribution in [3.63, 3.8) is 0 Å². The zero-order chi connectivity index (χ0) is 12.3. The average Bonchev–Trinajstić information content (AvgIpc) is 2.69. The fourth-order valence-corrected chi connectivity index (χ4v) is 1.51. The topological polar surface area (TPSA) is 47.8 Å². The molecule has 0 amide bonds. The van der Waals surface area contributed by atoms with Crippen molar-refractivity contribution in [1.29, 1.82) is 0 Å². The summed E-state index contributed by atoms with van der Waals surface area (Å²) in [7, 11) is 1.76. The molecule has 0 aliphatic heterocycles. The Labute approximate surface area is 99.6 Å². The number of aldehydes is 1. The summed E-state index contributed by atoms with van der Waals surface area (Å²) in [6.07, 6.45) is 4.49. The molecular weight excluding hydrogens is 214 g/mol. The molecule has 4 heteroatoms. The molecule has 0 unspecified atom stereocenters. The van der Waals surface area contributed by atoms with Crippen LogP contribution in [-0.4, -0.2) is 21.3 Å². The number of hydrogen-bond donors (Lipinski definition) is 0. The van der Waals surface area contributed by atoms with Gasteiger partial charge < -0.3 is 0 Å². The molecule has 0 aliphatic carbocycles. The number of carbonyl (C=O) groups excluding carboxylic acids is 1. The number of benzene rings is 1. The van der Waals surface area contributed by atoms with E-state index in [2.05, 4.69) is 10.3 Å². The van der Waals surface area contributed by atoms with Crippen molar-refractivity contribution in [3.05, 3.63) is 46.8 Å². The summed E-state index contributed by atoms with van der Waals surface area (Å²) < 4.78 is 1.58. The molecule has 1 aromatic carbocycles. The lowest BCUT2D eigenvalue weighted by atomic mass is 10.1. The highest BCUT2D eigenvalue weighted by Gasteiger charge is 2.05. The Morgan fingerprint density at radius 1 is 1.18 bits per heavy atom. The van der Waals surface area contributed by atoms with Crippen LogP contribution in [0.3, 0.4) is 0 Å². The van der Waals surface area contributed by atoms with E-state index < -0.39 is 0 Å². The van der Waals surface area contributed by atoms with Crippen LogP contribution < -0.4 is 0 Å². The van der Waals surface area contributed by atoms with Gasteiger partial charge in [0.2, 0.25) is 0 Å². The third-order valence-corrected chi connectivity index (χ3v) is 2.52.